The number of nitrogens with zero attached hydrogens (tertiary/aromatic N) is 1. The van der Waals surface area contributed by atoms with Crippen LogP contribution in [0, 0.1) is 0 Å². The van der Waals surface area contributed by atoms with Crippen molar-refractivity contribution in [2.24, 2.45) is 4.99 Å². The minimum atomic E-state index is 0. The molecule has 2 N–H and O–H groups in total. The molecular formula is C16H28IN3OS2. The molecule has 0 unspecified atom stereocenters. The third-order valence-electron chi connectivity index (χ3n) is 3.90. The van der Waals surface area contributed by atoms with Gasteiger partial charge >= 0.3 is 0 Å². The Balaban J connectivity index is 0.00000264. The van der Waals surface area contributed by atoms with Crippen LogP contribution in [0.5, 0.6) is 0 Å². The predicted octanol–water partition coefficient (Wildman–Crippen LogP) is 3.38. The van der Waals surface area contributed by atoms with Gasteiger partial charge in [0, 0.05) is 43.0 Å². The van der Waals surface area contributed by atoms with Crippen molar-refractivity contribution in [3.05, 3.63) is 22.4 Å². The van der Waals surface area contributed by atoms with Gasteiger partial charge in [-0.05, 0) is 36.5 Å². The van der Waals surface area contributed by atoms with E-state index in [9.17, 15) is 0 Å². The largest absolute Gasteiger partial charge is 0.381 e. The summed E-state index contributed by atoms with van der Waals surface area (Å²) >= 11 is 3.86. The second-order valence-electron chi connectivity index (χ2n) is 5.41. The molecule has 0 amide bonds. The van der Waals surface area contributed by atoms with E-state index in [-0.39, 0.29) is 24.0 Å². The Morgan fingerprint density at radius 2 is 2.17 bits per heavy atom. The van der Waals surface area contributed by atoms with Crippen molar-refractivity contribution in [3.8, 4) is 0 Å². The molecule has 0 atom stereocenters. The van der Waals surface area contributed by atoms with E-state index in [1.807, 2.05) is 7.05 Å². The second kappa shape index (κ2) is 11.5. The molecule has 0 aliphatic carbocycles. The maximum atomic E-state index is 5.52. The van der Waals surface area contributed by atoms with Crippen LogP contribution in [0.1, 0.15) is 24.6 Å². The third-order valence-corrected chi connectivity index (χ3v) is 6.29. The number of ether oxygens (including phenoxy) is 1. The average molecular weight is 469 g/mol. The summed E-state index contributed by atoms with van der Waals surface area (Å²) in [6.45, 7) is 5.85. The van der Waals surface area contributed by atoms with Crippen molar-refractivity contribution in [1.82, 2.24) is 10.6 Å². The van der Waals surface area contributed by atoms with Crippen LogP contribution in [-0.2, 0) is 11.2 Å². The number of aliphatic imine (C=N–C) groups is 1. The van der Waals surface area contributed by atoms with Crippen molar-refractivity contribution in [1.29, 1.82) is 0 Å². The van der Waals surface area contributed by atoms with Gasteiger partial charge in [-0.3, -0.25) is 4.99 Å². The molecule has 0 bridgehead atoms. The molecular weight excluding hydrogens is 441 g/mol. The van der Waals surface area contributed by atoms with Crippen LogP contribution in [0.15, 0.2) is 22.5 Å². The van der Waals surface area contributed by atoms with Gasteiger partial charge in [-0.2, -0.15) is 11.8 Å². The Morgan fingerprint density at radius 1 is 1.39 bits per heavy atom. The number of hydrogen-bond donors (Lipinski definition) is 2. The highest BCUT2D eigenvalue weighted by atomic mass is 127. The van der Waals surface area contributed by atoms with Crippen LogP contribution >= 0.6 is 47.1 Å². The fraction of sp³-hybridized carbons (Fsp3) is 0.688. The van der Waals surface area contributed by atoms with E-state index in [0.29, 0.717) is 4.75 Å². The van der Waals surface area contributed by atoms with Gasteiger partial charge in [-0.1, -0.05) is 13.0 Å². The van der Waals surface area contributed by atoms with Crippen molar-refractivity contribution in [2.75, 3.05) is 39.1 Å². The van der Waals surface area contributed by atoms with E-state index in [4.69, 9.17) is 4.74 Å². The first-order chi connectivity index (χ1) is 10.8. The Hall–Kier alpha value is 0.01000. The van der Waals surface area contributed by atoms with Crippen LogP contribution in [0.3, 0.4) is 0 Å². The van der Waals surface area contributed by atoms with Gasteiger partial charge in [-0.25, -0.2) is 0 Å². The lowest BCUT2D eigenvalue weighted by molar-refractivity contribution is 0.0782. The molecule has 4 nitrogen and oxygen atoms in total. The smallest absolute Gasteiger partial charge is 0.191 e. The van der Waals surface area contributed by atoms with E-state index >= 15 is 0 Å². The number of guanidine groups is 1. The monoisotopic (exact) mass is 469 g/mol. The van der Waals surface area contributed by atoms with Crippen LogP contribution in [0.4, 0.5) is 0 Å². The summed E-state index contributed by atoms with van der Waals surface area (Å²) in [5, 5.41) is 9.05. The molecule has 23 heavy (non-hydrogen) atoms. The molecule has 7 heteroatoms. The topological polar surface area (TPSA) is 45.7 Å². The van der Waals surface area contributed by atoms with Gasteiger partial charge in [0.15, 0.2) is 5.96 Å². The van der Waals surface area contributed by atoms with Gasteiger partial charge in [0.1, 0.15) is 0 Å². The molecule has 1 aromatic rings. The van der Waals surface area contributed by atoms with E-state index in [0.717, 1.165) is 57.3 Å². The van der Waals surface area contributed by atoms with Gasteiger partial charge < -0.3 is 15.4 Å². The summed E-state index contributed by atoms with van der Waals surface area (Å²) in [5.74, 6) is 2.05. The van der Waals surface area contributed by atoms with Gasteiger partial charge in [0.25, 0.3) is 0 Å². The summed E-state index contributed by atoms with van der Waals surface area (Å²) in [7, 11) is 1.84. The first kappa shape index (κ1) is 21.1. The normalized spacial score (nSPS) is 17.4. The van der Waals surface area contributed by atoms with Crippen LogP contribution in [-0.4, -0.2) is 49.8 Å². The second-order valence-corrected chi connectivity index (χ2v) is 8.17. The summed E-state index contributed by atoms with van der Waals surface area (Å²) in [5.41, 5.74) is 0. The third kappa shape index (κ3) is 7.19. The fourth-order valence-electron chi connectivity index (χ4n) is 2.65. The van der Waals surface area contributed by atoms with Crippen LogP contribution in [0.2, 0.25) is 0 Å². The Morgan fingerprint density at radius 3 is 2.78 bits per heavy atom. The SMILES string of the molecule is CCSC1(CNC(=NC)NCCc2cccs2)CCOCC1.I. The Labute approximate surface area is 165 Å². The quantitative estimate of drug-likeness (QED) is 0.365. The number of rotatable bonds is 7. The highest BCUT2D eigenvalue weighted by molar-refractivity contribution is 14.0. The molecule has 0 radical (unpaired) electrons. The lowest BCUT2D eigenvalue weighted by Crippen LogP contribution is -2.48. The molecule has 2 heterocycles. The van der Waals surface area contributed by atoms with Crippen molar-refractivity contribution in [2.45, 2.75) is 30.9 Å². The number of nitrogens with one attached hydrogen (secondary N) is 2. The van der Waals surface area contributed by atoms with Crippen molar-refractivity contribution in [3.63, 3.8) is 0 Å². The van der Waals surface area contributed by atoms with Gasteiger partial charge in [-0.15, -0.1) is 35.3 Å². The molecule has 0 saturated carbocycles. The molecule has 1 fully saturated rings. The minimum absolute atomic E-state index is 0. The maximum Gasteiger partial charge on any atom is 0.191 e. The summed E-state index contributed by atoms with van der Waals surface area (Å²) in [6, 6.07) is 4.28. The first-order valence-corrected chi connectivity index (χ1v) is 9.83. The number of halogens is 1. The van der Waals surface area contributed by atoms with Crippen molar-refractivity contribution >= 4 is 53.0 Å². The molecule has 0 aromatic carbocycles. The van der Waals surface area contributed by atoms with E-state index in [1.54, 1.807) is 11.3 Å². The molecule has 1 aliphatic heterocycles. The summed E-state index contributed by atoms with van der Waals surface area (Å²) < 4.78 is 5.81. The Bertz CT molecular complexity index is 443. The molecule has 2 rings (SSSR count). The Kier molecular flexibility index (Phi) is 10.6. The fourth-order valence-corrected chi connectivity index (χ4v) is 4.60. The highest BCUT2D eigenvalue weighted by Crippen LogP contribution is 2.34. The van der Waals surface area contributed by atoms with E-state index < -0.39 is 0 Å². The number of thioether (sulfide) groups is 1. The molecule has 132 valence electrons. The first-order valence-electron chi connectivity index (χ1n) is 7.96. The van der Waals surface area contributed by atoms with Gasteiger partial charge in [0.2, 0.25) is 0 Å². The zero-order valence-corrected chi connectivity index (χ0v) is 17.9. The maximum absolute atomic E-state index is 5.52. The highest BCUT2D eigenvalue weighted by Gasteiger charge is 2.32. The summed E-state index contributed by atoms with van der Waals surface area (Å²) in [6.07, 6.45) is 3.27. The molecule has 1 saturated heterocycles. The lowest BCUT2D eigenvalue weighted by Gasteiger charge is -2.37. The van der Waals surface area contributed by atoms with E-state index in [2.05, 4.69) is 51.8 Å². The van der Waals surface area contributed by atoms with Crippen LogP contribution in [0.25, 0.3) is 0 Å². The van der Waals surface area contributed by atoms with Crippen molar-refractivity contribution < 1.29 is 4.74 Å². The molecule has 1 aromatic heterocycles. The lowest BCUT2D eigenvalue weighted by atomic mass is 9.99. The van der Waals surface area contributed by atoms with E-state index in [1.165, 1.54) is 4.88 Å². The number of thiophene rings is 1. The summed E-state index contributed by atoms with van der Waals surface area (Å²) in [4.78, 5) is 5.75. The number of hydrogen-bond acceptors (Lipinski definition) is 4. The molecule has 1 aliphatic rings. The van der Waals surface area contributed by atoms with Gasteiger partial charge in [0.05, 0.1) is 0 Å². The standard InChI is InChI=1S/C16H27N3OS2.HI/c1-3-22-16(7-10-20-11-8-16)13-19-15(17-2)18-9-6-14-5-4-12-21-14;/h4-5,12H,3,6-11,13H2,1-2H3,(H2,17,18,19);1H. The zero-order chi connectivity index (χ0) is 15.7. The zero-order valence-electron chi connectivity index (χ0n) is 14.0. The molecule has 0 spiro atoms. The van der Waals surface area contributed by atoms with Crippen LogP contribution < -0.4 is 10.6 Å². The minimum Gasteiger partial charge on any atom is -0.381 e. The predicted molar refractivity (Wildman–Crippen MR) is 114 cm³/mol. The average Bonchev–Trinajstić information content (AvgIpc) is 3.05.